The van der Waals surface area contributed by atoms with Crippen molar-refractivity contribution >= 4 is 17.4 Å². The van der Waals surface area contributed by atoms with E-state index in [-0.39, 0.29) is 18.1 Å². The zero-order valence-corrected chi connectivity index (χ0v) is 9.56. The second-order valence-electron chi connectivity index (χ2n) is 4.17. The summed E-state index contributed by atoms with van der Waals surface area (Å²) < 4.78 is 0. The van der Waals surface area contributed by atoms with E-state index in [9.17, 15) is 9.59 Å². The smallest absolute Gasteiger partial charge is 0.276 e. The van der Waals surface area contributed by atoms with Crippen molar-refractivity contribution in [2.24, 2.45) is 0 Å². The molecule has 0 spiro atoms. The summed E-state index contributed by atoms with van der Waals surface area (Å²) in [5, 5.41) is 2.85. The lowest BCUT2D eigenvalue weighted by Gasteiger charge is -2.18. The number of nitrogen functional groups attached to an aromatic ring is 1. The SMILES string of the molecule is CN(CC(=O)NC1CC1)c1nc[nH]c(=O)c1N. The number of carbonyl (C=O) groups excluding carboxylic acids is 1. The molecule has 0 radical (unpaired) electrons. The number of nitrogens with two attached hydrogens (primary N) is 1. The molecule has 0 atom stereocenters. The van der Waals surface area contributed by atoms with Gasteiger partial charge in [0.1, 0.15) is 5.69 Å². The Morgan fingerprint density at radius 2 is 2.41 bits per heavy atom. The molecule has 1 aliphatic carbocycles. The average molecular weight is 237 g/mol. The second kappa shape index (κ2) is 4.44. The van der Waals surface area contributed by atoms with Crippen LogP contribution in [0.1, 0.15) is 12.8 Å². The summed E-state index contributed by atoms with van der Waals surface area (Å²) in [5.41, 5.74) is 5.22. The van der Waals surface area contributed by atoms with Gasteiger partial charge in [0.15, 0.2) is 5.82 Å². The van der Waals surface area contributed by atoms with Crippen molar-refractivity contribution in [3.8, 4) is 0 Å². The van der Waals surface area contributed by atoms with E-state index in [1.807, 2.05) is 0 Å². The normalized spacial score (nSPS) is 14.4. The molecule has 2 rings (SSSR count). The van der Waals surface area contributed by atoms with Gasteiger partial charge >= 0.3 is 0 Å². The molecular formula is C10H15N5O2. The lowest BCUT2D eigenvalue weighted by atomic mass is 10.4. The van der Waals surface area contributed by atoms with Crippen LogP contribution < -0.4 is 21.5 Å². The van der Waals surface area contributed by atoms with Gasteiger partial charge in [-0.1, -0.05) is 0 Å². The van der Waals surface area contributed by atoms with E-state index >= 15 is 0 Å². The van der Waals surface area contributed by atoms with Crippen LogP contribution in [0.25, 0.3) is 0 Å². The lowest BCUT2D eigenvalue weighted by Crippen LogP contribution is -2.37. The number of aromatic amines is 1. The van der Waals surface area contributed by atoms with Crippen LogP contribution in [-0.4, -0.2) is 35.5 Å². The molecular weight excluding hydrogens is 222 g/mol. The van der Waals surface area contributed by atoms with Gasteiger partial charge in [-0.25, -0.2) is 4.98 Å². The molecule has 92 valence electrons. The van der Waals surface area contributed by atoms with E-state index in [4.69, 9.17) is 5.73 Å². The van der Waals surface area contributed by atoms with E-state index < -0.39 is 5.56 Å². The van der Waals surface area contributed by atoms with Gasteiger partial charge in [-0.2, -0.15) is 0 Å². The van der Waals surface area contributed by atoms with Gasteiger partial charge in [-0.05, 0) is 12.8 Å². The van der Waals surface area contributed by atoms with Gasteiger partial charge in [0.25, 0.3) is 5.56 Å². The molecule has 7 nitrogen and oxygen atoms in total. The number of aromatic nitrogens is 2. The largest absolute Gasteiger partial charge is 0.391 e. The molecule has 1 aromatic rings. The van der Waals surface area contributed by atoms with Gasteiger partial charge in [0.2, 0.25) is 5.91 Å². The Morgan fingerprint density at radius 3 is 3.06 bits per heavy atom. The van der Waals surface area contributed by atoms with Crippen LogP contribution in [0.5, 0.6) is 0 Å². The molecule has 0 aliphatic heterocycles. The summed E-state index contributed by atoms with van der Waals surface area (Å²) in [7, 11) is 1.67. The zero-order chi connectivity index (χ0) is 12.4. The fourth-order valence-electron chi connectivity index (χ4n) is 1.50. The number of amides is 1. The number of likely N-dealkylation sites (N-methyl/N-ethyl adjacent to an activating group) is 1. The monoisotopic (exact) mass is 237 g/mol. The van der Waals surface area contributed by atoms with Crippen LogP contribution in [0.2, 0.25) is 0 Å². The Bertz CT molecular complexity index is 480. The third kappa shape index (κ3) is 2.74. The van der Waals surface area contributed by atoms with E-state index in [1.54, 1.807) is 11.9 Å². The molecule has 1 amide bonds. The molecule has 1 saturated carbocycles. The van der Waals surface area contributed by atoms with Crippen molar-refractivity contribution in [2.45, 2.75) is 18.9 Å². The van der Waals surface area contributed by atoms with E-state index in [1.165, 1.54) is 6.33 Å². The summed E-state index contributed by atoms with van der Waals surface area (Å²) in [6, 6.07) is 0.320. The minimum Gasteiger partial charge on any atom is -0.391 e. The third-order valence-corrected chi connectivity index (χ3v) is 2.55. The van der Waals surface area contributed by atoms with Gasteiger partial charge in [0, 0.05) is 13.1 Å². The van der Waals surface area contributed by atoms with Crippen LogP contribution in [0.15, 0.2) is 11.1 Å². The maximum Gasteiger partial charge on any atom is 0.276 e. The quantitative estimate of drug-likeness (QED) is 0.627. The Morgan fingerprint density at radius 1 is 1.71 bits per heavy atom. The maximum atomic E-state index is 11.6. The van der Waals surface area contributed by atoms with E-state index in [2.05, 4.69) is 15.3 Å². The first kappa shape index (κ1) is 11.4. The first-order valence-corrected chi connectivity index (χ1v) is 5.41. The van der Waals surface area contributed by atoms with Crippen molar-refractivity contribution in [1.82, 2.24) is 15.3 Å². The number of rotatable bonds is 4. The summed E-state index contributed by atoms with van der Waals surface area (Å²) in [5.74, 6) is 0.233. The zero-order valence-electron chi connectivity index (χ0n) is 9.56. The molecule has 1 aromatic heterocycles. The van der Waals surface area contributed by atoms with E-state index in [0.717, 1.165) is 12.8 Å². The molecule has 1 aliphatic rings. The highest BCUT2D eigenvalue weighted by molar-refractivity contribution is 5.82. The highest BCUT2D eigenvalue weighted by atomic mass is 16.2. The Labute approximate surface area is 98.0 Å². The predicted molar refractivity (Wildman–Crippen MR) is 63.7 cm³/mol. The standard InChI is InChI=1S/C10H15N5O2/c1-15(4-7(16)14-6-2-3-6)9-8(11)10(17)13-5-12-9/h5-6H,2-4,11H2,1H3,(H,14,16)(H,12,13,17). The summed E-state index contributed by atoms with van der Waals surface area (Å²) in [6.45, 7) is 0.136. The topological polar surface area (TPSA) is 104 Å². The molecule has 1 heterocycles. The molecule has 17 heavy (non-hydrogen) atoms. The summed E-state index contributed by atoms with van der Waals surface area (Å²) >= 11 is 0. The van der Waals surface area contributed by atoms with Crippen LogP contribution in [0.4, 0.5) is 11.5 Å². The fraction of sp³-hybridized carbons (Fsp3) is 0.500. The highest BCUT2D eigenvalue weighted by Crippen LogP contribution is 2.18. The fourth-order valence-corrected chi connectivity index (χ4v) is 1.50. The number of nitrogens with zero attached hydrogens (tertiary/aromatic N) is 2. The van der Waals surface area contributed by atoms with Crippen molar-refractivity contribution in [1.29, 1.82) is 0 Å². The average Bonchev–Trinajstić information content (AvgIpc) is 3.05. The number of H-pyrrole nitrogens is 1. The summed E-state index contributed by atoms with van der Waals surface area (Å²) in [4.78, 5) is 30.7. The first-order valence-electron chi connectivity index (χ1n) is 5.41. The molecule has 4 N–H and O–H groups in total. The molecule has 0 unspecified atom stereocenters. The molecule has 1 fully saturated rings. The molecule has 0 bridgehead atoms. The van der Waals surface area contributed by atoms with Gasteiger partial charge in [-0.15, -0.1) is 0 Å². The molecule has 0 saturated heterocycles. The van der Waals surface area contributed by atoms with Crippen molar-refractivity contribution in [3.63, 3.8) is 0 Å². The van der Waals surface area contributed by atoms with Crippen molar-refractivity contribution < 1.29 is 4.79 Å². The van der Waals surface area contributed by atoms with Crippen LogP contribution in [0.3, 0.4) is 0 Å². The summed E-state index contributed by atoms with van der Waals surface area (Å²) in [6.07, 6.45) is 3.35. The minimum atomic E-state index is -0.399. The number of anilines is 2. The Kier molecular flexibility index (Phi) is 2.99. The third-order valence-electron chi connectivity index (χ3n) is 2.55. The van der Waals surface area contributed by atoms with Gasteiger partial charge in [0.05, 0.1) is 12.9 Å². The minimum absolute atomic E-state index is 0.0224. The second-order valence-corrected chi connectivity index (χ2v) is 4.17. The Balaban J connectivity index is 2.03. The van der Waals surface area contributed by atoms with Crippen molar-refractivity contribution in [2.75, 3.05) is 24.2 Å². The maximum absolute atomic E-state index is 11.6. The van der Waals surface area contributed by atoms with Crippen LogP contribution in [0, 0.1) is 0 Å². The predicted octanol–water partition coefficient (Wildman–Crippen LogP) is -0.933. The number of hydrogen-bond acceptors (Lipinski definition) is 5. The van der Waals surface area contributed by atoms with E-state index in [0.29, 0.717) is 11.9 Å². The van der Waals surface area contributed by atoms with Crippen LogP contribution in [-0.2, 0) is 4.79 Å². The van der Waals surface area contributed by atoms with Crippen molar-refractivity contribution in [3.05, 3.63) is 16.7 Å². The van der Waals surface area contributed by atoms with Crippen LogP contribution >= 0.6 is 0 Å². The Hall–Kier alpha value is -2.05. The number of hydrogen-bond donors (Lipinski definition) is 3. The van der Waals surface area contributed by atoms with Gasteiger partial charge in [-0.3, -0.25) is 9.59 Å². The van der Waals surface area contributed by atoms with Gasteiger partial charge < -0.3 is 20.9 Å². The number of nitrogens with one attached hydrogen (secondary N) is 2. The lowest BCUT2D eigenvalue weighted by molar-refractivity contribution is -0.119. The highest BCUT2D eigenvalue weighted by Gasteiger charge is 2.24. The number of carbonyl (C=O) groups is 1. The first-order chi connectivity index (χ1) is 8.08. The molecule has 7 heteroatoms. The molecule has 0 aromatic carbocycles.